The number of aromatic nitrogens is 2. The van der Waals surface area contributed by atoms with Gasteiger partial charge in [-0.2, -0.15) is 0 Å². The van der Waals surface area contributed by atoms with Crippen LogP contribution < -0.4 is 4.43 Å². The number of rotatable bonds is 0. The maximum atomic E-state index is 12.2. The number of hydrogen-bond donors (Lipinski definition) is 0. The average molecular weight is 338 g/mol. The third-order valence-electron chi connectivity index (χ3n) is 2.69. The molecule has 0 aliphatic carbocycles. The van der Waals surface area contributed by atoms with Gasteiger partial charge in [-0.15, -0.1) is 0 Å². The van der Waals surface area contributed by atoms with E-state index in [-0.39, 0.29) is 0 Å². The first-order chi connectivity index (χ1) is 8.18. The van der Waals surface area contributed by atoms with Crippen LogP contribution in [0.3, 0.4) is 0 Å². The first kappa shape index (κ1) is 10.5. The summed E-state index contributed by atoms with van der Waals surface area (Å²) >= 11 is 2.12. The lowest BCUT2D eigenvalue weighted by Gasteiger charge is -2.13. The van der Waals surface area contributed by atoms with Crippen LogP contribution in [0.15, 0.2) is 42.5 Å². The van der Waals surface area contributed by atoms with Gasteiger partial charge < -0.3 is 9.94 Å². The van der Waals surface area contributed by atoms with Gasteiger partial charge in [-0.05, 0) is 40.8 Å². The molecule has 0 aliphatic rings. The van der Waals surface area contributed by atoms with E-state index in [0.717, 1.165) is 12.7 Å². The minimum Gasteiger partial charge on any atom is -0.805 e. The summed E-state index contributed by atoms with van der Waals surface area (Å²) in [6.07, 6.45) is 0. The van der Waals surface area contributed by atoms with Crippen molar-refractivity contribution in [2.75, 3.05) is 0 Å². The molecule has 0 radical (unpaired) electrons. The van der Waals surface area contributed by atoms with Crippen molar-refractivity contribution in [3.05, 3.63) is 56.1 Å². The van der Waals surface area contributed by atoms with Crippen molar-refractivity contribution in [2.45, 2.75) is 0 Å². The second-order valence-corrected chi connectivity index (χ2v) is 4.96. The van der Waals surface area contributed by atoms with Crippen molar-refractivity contribution < 1.29 is 4.43 Å². The SMILES string of the molecule is O=[n+]1c2ccccc2n([O-])c2cc(I)ccc21. The van der Waals surface area contributed by atoms with Gasteiger partial charge in [0.05, 0.1) is 4.43 Å². The average Bonchev–Trinajstić information content (AvgIpc) is 2.36. The molecule has 0 amide bonds. The largest absolute Gasteiger partial charge is 0.805 e. The van der Waals surface area contributed by atoms with Crippen LogP contribution in [0.2, 0.25) is 0 Å². The summed E-state index contributed by atoms with van der Waals surface area (Å²) in [5.41, 5.74) is 1.55. The van der Waals surface area contributed by atoms with Crippen LogP contribution in [-0.2, 0) is 0 Å². The smallest absolute Gasteiger partial charge is 0.286 e. The molecule has 3 aromatic rings. The Morgan fingerprint density at radius 2 is 1.76 bits per heavy atom. The molecule has 0 aliphatic heterocycles. The molecule has 1 heterocycles. The van der Waals surface area contributed by atoms with E-state index < -0.39 is 0 Å². The van der Waals surface area contributed by atoms with Crippen LogP contribution in [-0.4, -0.2) is 4.73 Å². The molecule has 0 saturated carbocycles. The van der Waals surface area contributed by atoms with Crippen molar-refractivity contribution in [3.63, 3.8) is 0 Å². The molecule has 3 rings (SSSR count). The van der Waals surface area contributed by atoms with E-state index in [4.69, 9.17) is 0 Å². The maximum Gasteiger partial charge on any atom is 0.286 e. The van der Waals surface area contributed by atoms with Crippen molar-refractivity contribution in [2.24, 2.45) is 0 Å². The molecule has 0 bridgehead atoms. The van der Waals surface area contributed by atoms with Crippen LogP contribution in [0.5, 0.6) is 0 Å². The van der Waals surface area contributed by atoms with Gasteiger partial charge in [0.15, 0.2) is 0 Å². The Bertz CT molecular complexity index is 795. The lowest BCUT2D eigenvalue weighted by atomic mass is 10.2. The second kappa shape index (κ2) is 3.69. The van der Waals surface area contributed by atoms with Crippen LogP contribution in [0, 0.1) is 13.7 Å². The summed E-state index contributed by atoms with van der Waals surface area (Å²) in [7, 11) is 0. The summed E-state index contributed by atoms with van der Waals surface area (Å²) in [6.45, 7) is 0. The first-order valence-electron chi connectivity index (χ1n) is 5.01. The molecule has 1 aromatic heterocycles. The lowest BCUT2D eigenvalue weighted by molar-refractivity contribution is -0.432. The molecule has 0 unspecified atom stereocenters. The molecule has 0 fully saturated rings. The minimum atomic E-state index is 0.385. The van der Waals surface area contributed by atoms with Crippen molar-refractivity contribution in [1.29, 1.82) is 0 Å². The summed E-state index contributed by atoms with van der Waals surface area (Å²) < 4.78 is 2.53. The zero-order valence-electron chi connectivity index (χ0n) is 8.63. The Morgan fingerprint density at radius 1 is 1.06 bits per heavy atom. The Balaban J connectivity index is 2.68. The van der Waals surface area contributed by atoms with Crippen molar-refractivity contribution in [3.8, 4) is 0 Å². The van der Waals surface area contributed by atoms with E-state index in [0.29, 0.717) is 22.1 Å². The number of fused-ring (bicyclic) bond motifs is 2. The van der Waals surface area contributed by atoms with E-state index in [2.05, 4.69) is 22.6 Å². The van der Waals surface area contributed by atoms with E-state index in [1.165, 1.54) is 0 Å². The fourth-order valence-corrected chi connectivity index (χ4v) is 2.37. The third-order valence-corrected chi connectivity index (χ3v) is 3.37. The summed E-state index contributed by atoms with van der Waals surface area (Å²) in [5, 5.41) is 12.2. The monoisotopic (exact) mass is 338 g/mol. The number of hydrogen-bond acceptors (Lipinski definition) is 2. The zero-order valence-corrected chi connectivity index (χ0v) is 10.8. The number of para-hydroxylation sites is 2. The van der Waals surface area contributed by atoms with Gasteiger partial charge in [0.2, 0.25) is 0 Å². The number of halogens is 1. The van der Waals surface area contributed by atoms with Gasteiger partial charge in [0.1, 0.15) is 11.0 Å². The molecular weight excluding hydrogens is 331 g/mol. The molecule has 0 atom stereocenters. The highest BCUT2D eigenvalue weighted by atomic mass is 127. The first-order valence-corrected chi connectivity index (χ1v) is 6.09. The normalized spacial score (nSPS) is 11.1. The van der Waals surface area contributed by atoms with Gasteiger partial charge in [0, 0.05) is 20.6 Å². The standard InChI is InChI=1S/C12H7IN2O2/c13-8-5-6-11-12(7-8)15(17)10-4-2-1-3-9(10)14(11)16/h1-7H. The Hall–Kier alpha value is -1.63. The quantitative estimate of drug-likeness (QED) is 0.360. The second-order valence-electron chi connectivity index (χ2n) is 3.71. The van der Waals surface area contributed by atoms with Crippen LogP contribution in [0.1, 0.15) is 0 Å². The van der Waals surface area contributed by atoms with Crippen LogP contribution in [0.25, 0.3) is 22.1 Å². The maximum absolute atomic E-state index is 12.2. The number of nitrogens with zero attached hydrogens (tertiary/aromatic N) is 2. The fourth-order valence-electron chi connectivity index (χ4n) is 1.90. The Labute approximate surface area is 110 Å². The summed E-state index contributed by atoms with van der Waals surface area (Å²) in [5.74, 6) is 0. The summed E-state index contributed by atoms with van der Waals surface area (Å²) in [6, 6.07) is 12.0. The highest BCUT2D eigenvalue weighted by Gasteiger charge is 2.14. The predicted octanol–water partition coefficient (Wildman–Crippen LogP) is 2.66. The lowest BCUT2D eigenvalue weighted by Crippen LogP contribution is -2.19. The van der Waals surface area contributed by atoms with Crippen LogP contribution in [0.4, 0.5) is 0 Å². The van der Waals surface area contributed by atoms with Crippen LogP contribution >= 0.6 is 22.6 Å². The Morgan fingerprint density at radius 3 is 2.59 bits per heavy atom. The highest BCUT2D eigenvalue weighted by Crippen LogP contribution is 2.18. The molecule has 0 saturated heterocycles. The molecule has 0 spiro atoms. The Kier molecular flexibility index (Phi) is 2.29. The fraction of sp³-hybridized carbons (Fsp3) is 0. The third kappa shape index (κ3) is 1.49. The molecule has 0 N–H and O–H groups in total. The zero-order chi connectivity index (χ0) is 12.0. The van der Waals surface area contributed by atoms with Crippen molar-refractivity contribution in [1.82, 2.24) is 4.73 Å². The van der Waals surface area contributed by atoms with E-state index in [1.54, 1.807) is 36.4 Å². The molecule has 2 aromatic carbocycles. The molecule has 5 heteroatoms. The molecule has 4 nitrogen and oxygen atoms in total. The van der Waals surface area contributed by atoms with Gasteiger partial charge >= 0.3 is 0 Å². The van der Waals surface area contributed by atoms with E-state index in [9.17, 15) is 10.1 Å². The van der Waals surface area contributed by atoms with Gasteiger partial charge in [-0.3, -0.25) is 0 Å². The highest BCUT2D eigenvalue weighted by molar-refractivity contribution is 14.1. The van der Waals surface area contributed by atoms with E-state index in [1.807, 2.05) is 6.07 Å². The van der Waals surface area contributed by atoms with Gasteiger partial charge in [-0.1, -0.05) is 12.1 Å². The predicted molar refractivity (Wildman–Crippen MR) is 74.3 cm³/mol. The number of benzene rings is 2. The minimum absolute atomic E-state index is 0.385. The van der Waals surface area contributed by atoms with Gasteiger partial charge in [0.25, 0.3) is 11.0 Å². The molecule has 17 heavy (non-hydrogen) atoms. The molecular formula is C12H7IN2O2. The topological polar surface area (TPSA) is 51.0 Å². The van der Waals surface area contributed by atoms with Crippen molar-refractivity contribution >= 4 is 44.7 Å². The molecule has 84 valence electrons. The van der Waals surface area contributed by atoms with E-state index >= 15 is 0 Å². The summed E-state index contributed by atoms with van der Waals surface area (Å²) in [4.78, 5) is 12.1. The van der Waals surface area contributed by atoms with Gasteiger partial charge in [-0.25, -0.2) is 0 Å².